The first kappa shape index (κ1) is 21.5. The van der Waals surface area contributed by atoms with Crippen LogP contribution in [0.3, 0.4) is 0 Å². The number of hydrogen-bond acceptors (Lipinski definition) is 3. The van der Waals surface area contributed by atoms with Gasteiger partial charge in [-0.2, -0.15) is 0 Å². The first-order chi connectivity index (χ1) is 13.0. The van der Waals surface area contributed by atoms with E-state index in [4.69, 9.17) is 4.74 Å². The topological polar surface area (TPSA) is 47.3 Å². The number of ether oxygens (including phenoxy) is 1. The molecule has 0 bridgehead atoms. The highest BCUT2D eigenvalue weighted by atomic mass is 16.5. The summed E-state index contributed by atoms with van der Waals surface area (Å²) in [7, 11) is 0. The van der Waals surface area contributed by atoms with Gasteiger partial charge in [-0.3, -0.25) is 0 Å². The minimum Gasteiger partial charge on any atom is -0.493 e. The third-order valence-electron chi connectivity index (χ3n) is 5.12. The Morgan fingerprint density at radius 2 is 1.70 bits per heavy atom. The molecule has 1 N–H and O–H groups in total. The molecule has 27 heavy (non-hydrogen) atoms. The van der Waals surface area contributed by atoms with E-state index in [0.717, 1.165) is 23.6 Å². The smallest absolute Gasteiger partial charge is 0.125 e. The van der Waals surface area contributed by atoms with Crippen molar-refractivity contribution in [1.82, 2.24) is 9.55 Å². The monoisotopic (exact) mass is 372 g/mol. The summed E-state index contributed by atoms with van der Waals surface area (Å²) in [5.41, 5.74) is -0.181. The van der Waals surface area contributed by atoms with Crippen molar-refractivity contribution in [2.75, 3.05) is 6.61 Å². The molecule has 0 aliphatic carbocycles. The SMILES string of the molecule is CCCCCCCCCCOc1ccccc1C(C)(O)Cn1ccnc1C. The van der Waals surface area contributed by atoms with E-state index < -0.39 is 5.60 Å². The molecular formula is C23H36N2O2. The lowest BCUT2D eigenvalue weighted by Gasteiger charge is -2.27. The highest BCUT2D eigenvalue weighted by Crippen LogP contribution is 2.31. The van der Waals surface area contributed by atoms with Crippen molar-refractivity contribution in [2.45, 2.75) is 84.3 Å². The summed E-state index contributed by atoms with van der Waals surface area (Å²) in [5.74, 6) is 1.68. The summed E-state index contributed by atoms with van der Waals surface area (Å²) in [4.78, 5) is 4.24. The maximum absolute atomic E-state index is 11.1. The van der Waals surface area contributed by atoms with Crippen molar-refractivity contribution in [3.63, 3.8) is 0 Å². The van der Waals surface area contributed by atoms with Gasteiger partial charge in [0.05, 0.1) is 13.2 Å². The molecule has 1 aromatic heterocycles. The third-order valence-corrected chi connectivity index (χ3v) is 5.12. The molecule has 1 unspecified atom stereocenters. The Balaban J connectivity index is 1.82. The number of aromatic nitrogens is 2. The number of hydrogen-bond donors (Lipinski definition) is 1. The minimum atomic E-state index is -1.01. The van der Waals surface area contributed by atoms with Gasteiger partial charge in [0.25, 0.3) is 0 Å². The van der Waals surface area contributed by atoms with Crippen LogP contribution in [0, 0.1) is 6.92 Å². The van der Waals surface area contributed by atoms with E-state index in [1.54, 1.807) is 6.20 Å². The largest absolute Gasteiger partial charge is 0.493 e. The summed E-state index contributed by atoms with van der Waals surface area (Å²) in [6.45, 7) is 7.19. The summed E-state index contributed by atoms with van der Waals surface area (Å²) in [6, 6.07) is 7.82. The van der Waals surface area contributed by atoms with E-state index in [1.165, 1.54) is 44.9 Å². The normalized spacial score (nSPS) is 13.5. The molecular weight excluding hydrogens is 336 g/mol. The van der Waals surface area contributed by atoms with Crippen LogP contribution in [0.1, 0.15) is 76.6 Å². The Morgan fingerprint density at radius 1 is 1.04 bits per heavy atom. The number of para-hydroxylation sites is 1. The van der Waals surface area contributed by atoms with E-state index in [0.29, 0.717) is 13.2 Å². The molecule has 1 atom stereocenters. The van der Waals surface area contributed by atoms with Crippen LogP contribution in [0.2, 0.25) is 0 Å². The predicted molar refractivity (Wildman–Crippen MR) is 111 cm³/mol. The van der Waals surface area contributed by atoms with Crippen LogP contribution < -0.4 is 4.74 Å². The molecule has 1 heterocycles. The molecule has 0 fully saturated rings. The van der Waals surface area contributed by atoms with Gasteiger partial charge < -0.3 is 14.4 Å². The summed E-state index contributed by atoms with van der Waals surface area (Å²) < 4.78 is 8.00. The molecule has 1 aromatic carbocycles. The summed E-state index contributed by atoms with van der Waals surface area (Å²) in [5, 5.41) is 11.1. The standard InChI is InChI=1S/C23H36N2O2/c1-4-5-6-7-8-9-10-13-18-27-22-15-12-11-14-21(22)23(3,26)19-25-17-16-24-20(25)2/h11-12,14-17,26H,4-10,13,18-19H2,1-3H3. The third kappa shape index (κ3) is 7.02. The van der Waals surface area contributed by atoms with Crippen molar-refractivity contribution in [1.29, 1.82) is 0 Å². The minimum absolute atomic E-state index is 0.455. The summed E-state index contributed by atoms with van der Waals surface area (Å²) in [6.07, 6.45) is 13.9. The molecule has 2 aromatic rings. The zero-order valence-corrected chi connectivity index (χ0v) is 17.3. The number of nitrogens with zero attached hydrogens (tertiary/aromatic N) is 2. The van der Waals surface area contributed by atoms with Crippen molar-refractivity contribution >= 4 is 0 Å². The Bertz CT molecular complexity index is 664. The van der Waals surface area contributed by atoms with E-state index in [9.17, 15) is 5.11 Å². The fourth-order valence-electron chi connectivity index (χ4n) is 3.44. The number of aryl methyl sites for hydroxylation is 1. The van der Waals surface area contributed by atoms with Gasteiger partial charge in [-0.25, -0.2) is 4.98 Å². The molecule has 4 nitrogen and oxygen atoms in total. The van der Waals surface area contributed by atoms with Crippen molar-refractivity contribution in [2.24, 2.45) is 0 Å². The second-order valence-corrected chi connectivity index (χ2v) is 7.70. The average molecular weight is 373 g/mol. The van der Waals surface area contributed by atoms with Crippen LogP contribution in [0.4, 0.5) is 0 Å². The molecule has 4 heteroatoms. The zero-order chi connectivity index (χ0) is 19.5. The Kier molecular flexibility index (Phi) is 8.86. The van der Waals surface area contributed by atoms with Gasteiger partial charge in [0.15, 0.2) is 0 Å². The molecule has 0 aliphatic rings. The first-order valence-corrected chi connectivity index (χ1v) is 10.5. The van der Waals surface area contributed by atoms with Gasteiger partial charge >= 0.3 is 0 Å². The van der Waals surface area contributed by atoms with Gasteiger partial charge in [-0.15, -0.1) is 0 Å². The second kappa shape index (κ2) is 11.1. The van der Waals surface area contributed by atoms with E-state index >= 15 is 0 Å². The van der Waals surface area contributed by atoms with Crippen LogP contribution in [0.25, 0.3) is 0 Å². The van der Waals surface area contributed by atoms with Crippen LogP contribution in [0.5, 0.6) is 5.75 Å². The number of unbranched alkanes of at least 4 members (excludes halogenated alkanes) is 7. The molecule has 0 aliphatic heterocycles. The highest BCUT2D eigenvalue weighted by molar-refractivity contribution is 5.37. The first-order valence-electron chi connectivity index (χ1n) is 10.5. The van der Waals surface area contributed by atoms with Crippen molar-refractivity contribution in [3.8, 4) is 5.75 Å². The van der Waals surface area contributed by atoms with E-state index in [-0.39, 0.29) is 0 Å². The quantitative estimate of drug-likeness (QED) is 0.464. The van der Waals surface area contributed by atoms with Gasteiger partial charge in [-0.05, 0) is 26.3 Å². The molecule has 0 radical (unpaired) electrons. The molecule has 0 spiro atoms. The maximum atomic E-state index is 11.1. The number of aliphatic hydroxyl groups is 1. The second-order valence-electron chi connectivity index (χ2n) is 7.70. The van der Waals surface area contributed by atoms with Gasteiger partial charge in [0.1, 0.15) is 17.2 Å². The Morgan fingerprint density at radius 3 is 2.37 bits per heavy atom. The van der Waals surface area contributed by atoms with Crippen LogP contribution in [-0.2, 0) is 12.1 Å². The molecule has 0 amide bonds. The van der Waals surface area contributed by atoms with Gasteiger partial charge in [-0.1, -0.05) is 70.1 Å². The van der Waals surface area contributed by atoms with Gasteiger partial charge in [0, 0.05) is 18.0 Å². The fraction of sp³-hybridized carbons (Fsp3) is 0.609. The van der Waals surface area contributed by atoms with Crippen LogP contribution in [-0.4, -0.2) is 21.3 Å². The zero-order valence-electron chi connectivity index (χ0n) is 17.3. The number of benzene rings is 1. The Hall–Kier alpha value is -1.81. The molecule has 0 saturated heterocycles. The number of rotatable bonds is 13. The summed E-state index contributed by atoms with van der Waals surface area (Å²) >= 11 is 0. The highest BCUT2D eigenvalue weighted by Gasteiger charge is 2.27. The molecule has 2 rings (SSSR count). The average Bonchev–Trinajstić information content (AvgIpc) is 3.04. The number of imidazole rings is 1. The van der Waals surface area contributed by atoms with Crippen LogP contribution >= 0.6 is 0 Å². The van der Waals surface area contributed by atoms with Crippen molar-refractivity contribution in [3.05, 3.63) is 48.0 Å². The maximum Gasteiger partial charge on any atom is 0.125 e. The predicted octanol–water partition coefficient (Wildman–Crippen LogP) is 5.62. The van der Waals surface area contributed by atoms with E-state index in [2.05, 4.69) is 11.9 Å². The van der Waals surface area contributed by atoms with Crippen molar-refractivity contribution < 1.29 is 9.84 Å². The van der Waals surface area contributed by atoms with Crippen LogP contribution in [0.15, 0.2) is 36.7 Å². The molecule has 0 saturated carbocycles. The molecule has 150 valence electrons. The lowest BCUT2D eigenvalue weighted by Crippen LogP contribution is -2.28. The van der Waals surface area contributed by atoms with E-state index in [1.807, 2.05) is 48.9 Å². The van der Waals surface area contributed by atoms with Gasteiger partial charge in [0.2, 0.25) is 0 Å². The fourth-order valence-corrected chi connectivity index (χ4v) is 3.44. The lowest BCUT2D eigenvalue weighted by molar-refractivity contribution is 0.0346. The lowest BCUT2D eigenvalue weighted by atomic mass is 9.95. The Labute approximate surface area is 164 Å².